The van der Waals surface area contributed by atoms with Gasteiger partial charge in [-0.3, -0.25) is 0 Å². The molecule has 1 saturated heterocycles. The molecule has 0 aromatic rings. The lowest BCUT2D eigenvalue weighted by Crippen LogP contribution is -2.54. The third-order valence-corrected chi connectivity index (χ3v) is 9.21. The predicted octanol–water partition coefficient (Wildman–Crippen LogP) is 3.13. The fourth-order valence-corrected chi connectivity index (χ4v) is 7.18. The Kier molecular flexibility index (Phi) is 8.76. The van der Waals surface area contributed by atoms with E-state index in [4.69, 9.17) is 9.90 Å². The van der Waals surface area contributed by atoms with E-state index >= 15 is 0 Å². The number of quaternary nitrogens is 1. The van der Waals surface area contributed by atoms with E-state index in [-0.39, 0.29) is 29.2 Å². The molecule has 0 amide bonds. The fraction of sp³-hybridized carbons (Fsp3) is 0.880. The van der Waals surface area contributed by atoms with Gasteiger partial charge in [0.1, 0.15) is 0 Å². The second-order valence-electron chi connectivity index (χ2n) is 10.9. The number of nitrogens with zero attached hydrogens (tertiary/aromatic N) is 1. The first kappa shape index (κ1) is 26.3. The Labute approximate surface area is 188 Å². The largest absolute Gasteiger partial charge is 0.550 e. The van der Waals surface area contributed by atoms with Crippen LogP contribution in [0, 0.1) is 28.6 Å². The van der Waals surface area contributed by atoms with E-state index in [1.807, 2.05) is 0 Å². The van der Waals surface area contributed by atoms with Crippen LogP contribution in [0.15, 0.2) is 12.2 Å². The molecule has 0 spiro atoms. The molecule has 2 unspecified atom stereocenters. The highest BCUT2D eigenvalue weighted by Crippen LogP contribution is 2.61. The summed E-state index contributed by atoms with van der Waals surface area (Å²) in [6, 6.07) is 0. The van der Waals surface area contributed by atoms with Crippen LogP contribution in [0.3, 0.4) is 0 Å². The molecule has 3 saturated carbocycles. The van der Waals surface area contributed by atoms with Gasteiger partial charge in [-0.05, 0) is 106 Å². The quantitative estimate of drug-likeness (QED) is 0.585. The maximum absolute atomic E-state index is 11.5. The van der Waals surface area contributed by atoms with Crippen molar-refractivity contribution in [1.29, 1.82) is 0 Å². The van der Waals surface area contributed by atoms with Crippen molar-refractivity contribution in [2.45, 2.75) is 90.8 Å². The SMILES string of the molecule is C=C1CCC2[C@@H](O)C([C@@]3(C)CC[C@H](O)C[C@@H]3CN3CCCC3)CC[C@@]12C.CC(=O)[O-].[NH4+]. The summed E-state index contributed by atoms with van der Waals surface area (Å²) >= 11 is 0. The van der Waals surface area contributed by atoms with Crippen molar-refractivity contribution in [1.82, 2.24) is 11.1 Å². The van der Waals surface area contributed by atoms with E-state index in [0.717, 1.165) is 52.0 Å². The van der Waals surface area contributed by atoms with Crippen LogP contribution < -0.4 is 11.3 Å². The minimum atomic E-state index is -1.08. The lowest BCUT2D eigenvalue weighted by atomic mass is 9.52. The van der Waals surface area contributed by atoms with Crippen LogP contribution in [0.5, 0.6) is 0 Å². The van der Waals surface area contributed by atoms with E-state index in [1.54, 1.807) is 0 Å². The molecule has 0 bridgehead atoms. The first-order chi connectivity index (χ1) is 14.1. The van der Waals surface area contributed by atoms with Gasteiger partial charge in [0.05, 0.1) is 12.2 Å². The number of aliphatic carboxylic acids is 1. The van der Waals surface area contributed by atoms with Gasteiger partial charge < -0.3 is 31.2 Å². The topological polar surface area (TPSA) is 120 Å². The number of hydrogen-bond donors (Lipinski definition) is 3. The number of likely N-dealkylation sites (tertiary alicyclic amines) is 1. The maximum Gasteiger partial charge on any atom is 0.0610 e. The molecule has 3 aliphatic carbocycles. The molecule has 6 heteroatoms. The van der Waals surface area contributed by atoms with Gasteiger partial charge in [-0.15, -0.1) is 0 Å². The summed E-state index contributed by atoms with van der Waals surface area (Å²) in [5.41, 5.74) is 1.69. The standard InChI is InChI=1S/C23H39NO2.C2H4O2.H3N/c1-16-6-7-19-21(26)20(9-11-22(16,19)2)23(3)10-8-18(25)14-17(23)15-24-12-4-5-13-24;1-2(3)4;/h17-21,25-26H,1,4-15H2,2-3H3;1H3,(H,3,4);1H3/t17-,18+,19?,20?,21-,22+,23+;;/m1../s1. The van der Waals surface area contributed by atoms with Crippen LogP contribution in [0.2, 0.25) is 0 Å². The van der Waals surface area contributed by atoms with Crippen molar-refractivity contribution in [3.63, 3.8) is 0 Å². The monoisotopic (exact) mass is 438 g/mol. The molecule has 4 fully saturated rings. The van der Waals surface area contributed by atoms with Crippen molar-refractivity contribution >= 4 is 5.97 Å². The number of rotatable bonds is 3. The Morgan fingerprint density at radius 2 is 1.74 bits per heavy atom. The summed E-state index contributed by atoms with van der Waals surface area (Å²) in [7, 11) is 0. The zero-order chi connectivity index (χ0) is 22.1. The summed E-state index contributed by atoms with van der Waals surface area (Å²) < 4.78 is 0. The number of carboxylic acid groups (broad SMARTS) is 1. The average molecular weight is 439 g/mol. The molecule has 180 valence electrons. The third-order valence-electron chi connectivity index (χ3n) is 9.21. The molecule has 1 aliphatic heterocycles. The summed E-state index contributed by atoms with van der Waals surface area (Å²) in [5, 5.41) is 30.7. The molecular weight excluding hydrogens is 392 g/mol. The molecule has 6 nitrogen and oxygen atoms in total. The van der Waals surface area contributed by atoms with Crippen molar-refractivity contribution in [2.75, 3.05) is 19.6 Å². The lowest BCUT2D eigenvalue weighted by Gasteiger charge is -2.55. The van der Waals surface area contributed by atoms with Gasteiger partial charge in [0.2, 0.25) is 0 Å². The molecule has 0 aromatic carbocycles. The number of carboxylic acids is 1. The number of aliphatic hydroxyl groups excluding tert-OH is 2. The molecule has 0 aromatic heterocycles. The first-order valence-electron chi connectivity index (χ1n) is 12.0. The van der Waals surface area contributed by atoms with Gasteiger partial charge in [0.15, 0.2) is 0 Å². The molecule has 7 atom stereocenters. The van der Waals surface area contributed by atoms with Gasteiger partial charge in [-0.1, -0.05) is 26.0 Å². The zero-order valence-corrected chi connectivity index (χ0v) is 20.2. The number of fused-ring (bicyclic) bond motifs is 1. The molecule has 1 heterocycles. The van der Waals surface area contributed by atoms with Gasteiger partial charge in [0, 0.05) is 12.5 Å². The Bertz CT molecular complexity index is 631. The van der Waals surface area contributed by atoms with Gasteiger partial charge in [0.25, 0.3) is 0 Å². The van der Waals surface area contributed by atoms with Crippen LogP contribution in [-0.4, -0.2) is 52.9 Å². The number of carbonyl (C=O) groups excluding carboxylic acids is 1. The van der Waals surface area contributed by atoms with E-state index < -0.39 is 5.97 Å². The number of aliphatic hydroxyl groups is 2. The summed E-state index contributed by atoms with van der Waals surface area (Å²) in [6.07, 6.45) is 9.71. The number of allylic oxidation sites excluding steroid dienone is 1. The molecule has 6 N–H and O–H groups in total. The second kappa shape index (κ2) is 10.3. The molecule has 4 rings (SSSR count). The highest BCUT2D eigenvalue weighted by atomic mass is 16.4. The van der Waals surface area contributed by atoms with Crippen LogP contribution in [-0.2, 0) is 4.79 Å². The van der Waals surface area contributed by atoms with Crippen molar-refractivity contribution in [2.24, 2.45) is 28.6 Å². The molecular formula is C25H46N2O4. The minimum absolute atomic E-state index is 0. The van der Waals surface area contributed by atoms with Gasteiger partial charge in [-0.2, -0.15) is 0 Å². The number of carbonyl (C=O) groups is 1. The first-order valence-corrected chi connectivity index (χ1v) is 12.0. The Morgan fingerprint density at radius 3 is 2.35 bits per heavy atom. The summed E-state index contributed by atoms with van der Waals surface area (Å²) in [6.45, 7) is 13.7. The van der Waals surface area contributed by atoms with Crippen LogP contribution in [0.4, 0.5) is 0 Å². The van der Waals surface area contributed by atoms with Crippen LogP contribution in [0.1, 0.15) is 78.6 Å². The average Bonchev–Trinajstić information content (AvgIpc) is 3.27. The Hall–Kier alpha value is -0.950. The van der Waals surface area contributed by atoms with Crippen LogP contribution >= 0.6 is 0 Å². The second-order valence-corrected chi connectivity index (χ2v) is 10.9. The minimum Gasteiger partial charge on any atom is -0.550 e. The molecule has 31 heavy (non-hydrogen) atoms. The van der Waals surface area contributed by atoms with Crippen molar-refractivity contribution in [3.8, 4) is 0 Å². The van der Waals surface area contributed by atoms with Gasteiger partial charge in [-0.25, -0.2) is 0 Å². The van der Waals surface area contributed by atoms with Gasteiger partial charge >= 0.3 is 0 Å². The predicted molar refractivity (Wildman–Crippen MR) is 122 cm³/mol. The maximum atomic E-state index is 11.5. The Balaban J connectivity index is 0.000000631. The fourth-order valence-electron chi connectivity index (χ4n) is 7.18. The smallest absolute Gasteiger partial charge is 0.0610 e. The highest BCUT2D eigenvalue weighted by molar-refractivity contribution is 5.60. The Morgan fingerprint density at radius 1 is 1.13 bits per heavy atom. The third kappa shape index (κ3) is 5.35. The summed E-state index contributed by atoms with van der Waals surface area (Å²) in [5.74, 6) is 0.203. The van der Waals surface area contributed by atoms with Crippen molar-refractivity contribution in [3.05, 3.63) is 12.2 Å². The van der Waals surface area contributed by atoms with E-state index in [9.17, 15) is 10.2 Å². The molecule has 0 radical (unpaired) electrons. The summed E-state index contributed by atoms with van der Waals surface area (Å²) in [4.78, 5) is 11.5. The molecule has 4 aliphatic rings. The number of hydrogen-bond acceptors (Lipinski definition) is 5. The van der Waals surface area contributed by atoms with Crippen LogP contribution in [0.25, 0.3) is 0 Å². The van der Waals surface area contributed by atoms with E-state index in [0.29, 0.717) is 17.8 Å². The van der Waals surface area contributed by atoms with E-state index in [2.05, 4.69) is 25.3 Å². The zero-order valence-electron chi connectivity index (χ0n) is 20.2. The highest BCUT2D eigenvalue weighted by Gasteiger charge is 2.56. The van der Waals surface area contributed by atoms with Crippen molar-refractivity contribution < 1.29 is 20.1 Å². The lowest BCUT2D eigenvalue weighted by molar-refractivity contribution is -0.302. The van der Waals surface area contributed by atoms with E-state index in [1.165, 1.54) is 37.9 Å². The normalized spacial score (nSPS) is 42.9.